The number of nitrogens with one attached hydrogen (secondary N) is 1. The van der Waals surface area contributed by atoms with Gasteiger partial charge in [0, 0.05) is 22.1 Å². The lowest BCUT2D eigenvalue weighted by molar-refractivity contribution is 0.889. The molecule has 3 aromatic heterocycles. The Morgan fingerprint density at radius 3 is 2.81 bits per heavy atom. The van der Waals surface area contributed by atoms with E-state index in [1.165, 1.54) is 15.3 Å². The van der Waals surface area contributed by atoms with E-state index >= 15 is 0 Å². The zero-order chi connectivity index (χ0) is 14.8. The van der Waals surface area contributed by atoms with Crippen LogP contribution in [0.1, 0.15) is 15.3 Å². The smallest absolute Gasteiger partial charge is 0.241 e. The van der Waals surface area contributed by atoms with Gasteiger partial charge < -0.3 is 5.32 Å². The molecule has 6 nitrogen and oxygen atoms in total. The summed E-state index contributed by atoms with van der Waals surface area (Å²) in [7, 11) is 0. The summed E-state index contributed by atoms with van der Waals surface area (Å²) in [5, 5.41) is 3.32. The summed E-state index contributed by atoms with van der Waals surface area (Å²) in [5.74, 6) is 0.885. The number of aromatic nitrogens is 5. The third-order valence-corrected chi connectivity index (χ3v) is 4.29. The van der Waals surface area contributed by atoms with E-state index in [-0.39, 0.29) is 5.28 Å². The number of aryl methyl sites for hydroxylation is 2. The maximum Gasteiger partial charge on any atom is 0.241 e. The van der Waals surface area contributed by atoms with Crippen LogP contribution < -0.4 is 5.32 Å². The van der Waals surface area contributed by atoms with E-state index in [4.69, 9.17) is 11.6 Å². The SMILES string of the molecule is Cc1cc(CNc2nc(Cl)nc(-n3ccnc3)n2)sc1C. The number of imidazole rings is 1. The Morgan fingerprint density at radius 2 is 2.14 bits per heavy atom. The van der Waals surface area contributed by atoms with Crippen LogP contribution in [0.5, 0.6) is 0 Å². The third kappa shape index (κ3) is 3.20. The molecule has 0 saturated heterocycles. The molecule has 3 rings (SSSR count). The molecular formula is C13H13ClN6S. The fourth-order valence-electron chi connectivity index (χ4n) is 1.81. The van der Waals surface area contributed by atoms with Crippen LogP contribution >= 0.6 is 22.9 Å². The van der Waals surface area contributed by atoms with Gasteiger partial charge in [0.1, 0.15) is 6.33 Å². The molecule has 3 aromatic rings. The first-order chi connectivity index (χ1) is 10.1. The normalized spacial score (nSPS) is 10.8. The minimum atomic E-state index is 0.148. The summed E-state index contributed by atoms with van der Waals surface area (Å²) >= 11 is 7.70. The molecule has 0 aromatic carbocycles. The second kappa shape index (κ2) is 5.79. The van der Waals surface area contributed by atoms with Crippen LogP contribution in [0.15, 0.2) is 24.8 Å². The van der Waals surface area contributed by atoms with E-state index in [0.717, 1.165) is 0 Å². The van der Waals surface area contributed by atoms with E-state index in [0.29, 0.717) is 18.4 Å². The summed E-state index contributed by atoms with van der Waals surface area (Å²) in [6, 6.07) is 2.16. The molecule has 3 heterocycles. The molecule has 0 bridgehead atoms. The molecule has 0 radical (unpaired) electrons. The number of rotatable bonds is 4. The lowest BCUT2D eigenvalue weighted by Gasteiger charge is -2.06. The van der Waals surface area contributed by atoms with Crippen molar-refractivity contribution in [3.05, 3.63) is 45.4 Å². The Kier molecular flexibility index (Phi) is 3.85. The number of hydrogen-bond acceptors (Lipinski definition) is 6. The van der Waals surface area contributed by atoms with E-state index < -0.39 is 0 Å². The van der Waals surface area contributed by atoms with Crippen molar-refractivity contribution in [1.82, 2.24) is 24.5 Å². The van der Waals surface area contributed by atoms with Crippen LogP contribution in [0.25, 0.3) is 5.95 Å². The van der Waals surface area contributed by atoms with Crippen LogP contribution in [0.4, 0.5) is 5.95 Å². The molecule has 108 valence electrons. The maximum atomic E-state index is 5.94. The number of halogens is 1. The highest BCUT2D eigenvalue weighted by Gasteiger charge is 2.07. The summed E-state index contributed by atoms with van der Waals surface area (Å²) in [4.78, 5) is 19.0. The molecule has 0 fully saturated rings. The lowest BCUT2D eigenvalue weighted by atomic mass is 10.3. The Hall–Kier alpha value is -1.99. The summed E-state index contributed by atoms with van der Waals surface area (Å²) in [6.07, 6.45) is 5.02. The van der Waals surface area contributed by atoms with Gasteiger partial charge in [-0.1, -0.05) is 0 Å². The molecular weight excluding hydrogens is 308 g/mol. The summed E-state index contributed by atoms with van der Waals surface area (Å²) in [5.41, 5.74) is 1.30. The van der Waals surface area contributed by atoms with Gasteiger partial charge in [-0.05, 0) is 37.1 Å². The van der Waals surface area contributed by atoms with Gasteiger partial charge in [-0.15, -0.1) is 11.3 Å². The van der Waals surface area contributed by atoms with Gasteiger partial charge in [0.2, 0.25) is 17.2 Å². The van der Waals surface area contributed by atoms with Crippen molar-refractivity contribution < 1.29 is 0 Å². The van der Waals surface area contributed by atoms with Crippen molar-refractivity contribution in [2.45, 2.75) is 20.4 Å². The molecule has 0 aliphatic rings. The minimum Gasteiger partial charge on any atom is -0.349 e. The van der Waals surface area contributed by atoms with Gasteiger partial charge in [-0.3, -0.25) is 4.57 Å². The van der Waals surface area contributed by atoms with Crippen LogP contribution in [0.3, 0.4) is 0 Å². The summed E-state index contributed by atoms with van der Waals surface area (Å²) in [6.45, 7) is 4.87. The van der Waals surface area contributed by atoms with E-state index in [9.17, 15) is 0 Å². The van der Waals surface area contributed by atoms with E-state index in [1.54, 1.807) is 34.6 Å². The maximum absolute atomic E-state index is 5.94. The first-order valence-corrected chi connectivity index (χ1v) is 7.51. The highest BCUT2D eigenvalue weighted by molar-refractivity contribution is 7.12. The van der Waals surface area contributed by atoms with E-state index in [1.807, 2.05) is 0 Å². The largest absolute Gasteiger partial charge is 0.349 e. The highest BCUT2D eigenvalue weighted by atomic mass is 35.5. The Morgan fingerprint density at radius 1 is 1.29 bits per heavy atom. The van der Waals surface area contributed by atoms with Crippen LogP contribution in [0, 0.1) is 13.8 Å². The number of hydrogen-bond donors (Lipinski definition) is 1. The van der Waals surface area contributed by atoms with Gasteiger partial charge in [-0.2, -0.15) is 15.0 Å². The van der Waals surface area contributed by atoms with Crippen molar-refractivity contribution in [1.29, 1.82) is 0 Å². The molecule has 0 saturated carbocycles. The van der Waals surface area contributed by atoms with Gasteiger partial charge in [0.15, 0.2) is 0 Å². The van der Waals surface area contributed by atoms with Crippen molar-refractivity contribution >= 4 is 28.9 Å². The first-order valence-electron chi connectivity index (χ1n) is 6.31. The molecule has 0 unspecified atom stereocenters. The van der Waals surface area contributed by atoms with Crippen molar-refractivity contribution in [2.75, 3.05) is 5.32 Å². The zero-order valence-electron chi connectivity index (χ0n) is 11.5. The van der Waals surface area contributed by atoms with Gasteiger partial charge in [0.05, 0.1) is 6.54 Å². The molecule has 0 aliphatic heterocycles. The molecule has 0 aliphatic carbocycles. The van der Waals surface area contributed by atoms with Crippen LogP contribution in [-0.4, -0.2) is 24.5 Å². The monoisotopic (exact) mass is 320 g/mol. The molecule has 1 N–H and O–H groups in total. The molecule has 21 heavy (non-hydrogen) atoms. The lowest BCUT2D eigenvalue weighted by Crippen LogP contribution is -2.07. The second-order valence-corrected chi connectivity index (χ2v) is 6.18. The van der Waals surface area contributed by atoms with E-state index in [2.05, 4.69) is 45.2 Å². The topological polar surface area (TPSA) is 68.5 Å². The van der Waals surface area contributed by atoms with Gasteiger partial charge in [-0.25, -0.2) is 4.98 Å². The zero-order valence-corrected chi connectivity index (χ0v) is 13.1. The van der Waals surface area contributed by atoms with Crippen LogP contribution in [-0.2, 0) is 6.54 Å². The Balaban J connectivity index is 1.79. The average Bonchev–Trinajstić information content (AvgIpc) is 3.07. The highest BCUT2D eigenvalue weighted by Crippen LogP contribution is 2.21. The molecule has 0 atom stereocenters. The first kappa shape index (κ1) is 14.0. The summed E-state index contributed by atoms with van der Waals surface area (Å²) < 4.78 is 1.68. The number of nitrogens with zero attached hydrogens (tertiary/aromatic N) is 5. The van der Waals surface area contributed by atoms with Crippen molar-refractivity contribution in [3.8, 4) is 5.95 Å². The second-order valence-electron chi connectivity index (χ2n) is 4.50. The fraction of sp³-hybridized carbons (Fsp3) is 0.231. The molecule has 0 spiro atoms. The number of anilines is 1. The van der Waals surface area contributed by atoms with Gasteiger partial charge >= 0.3 is 0 Å². The van der Waals surface area contributed by atoms with Crippen molar-refractivity contribution in [3.63, 3.8) is 0 Å². The quantitative estimate of drug-likeness (QED) is 0.800. The standard InChI is InChI=1S/C13H13ClN6S/c1-8-5-10(21-9(8)2)6-16-12-17-11(14)18-13(19-12)20-4-3-15-7-20/h3-5,7H,6H2,1-2H3,(H,16,17,18,19). The fourth-order valence-corrected chi connectivity index (χ4v) is 2.96. The molecule has 8 heteroatoms. The van der Waals surface area contributed by atoms with Gasteiger partial charge in [0.25, 0.3) is 0 Å². The third-order valence-electron chi connectivity index (χ3n) is 2.97. The molecule has 0 amide bonds. The Bertz CT molecular complexity index is 733. The average molecular weight is 321 g/mol. The predicted octanol–water partition coefficient (Wildman–Crippen LogP) is 3.00. The Labute approximate surface area is 130 Å². The van der Waals surface area contributed by atoms with Crippen molar-refractivity contribution in [2.24, 2.45) is 0 Å². The number of thiophene rings is 1. The predicted molar refractivity (Wildman–Crippen MR) is 83.1 cm³/mol. The van der Waals surface area contributed by atoms with Crippen LogP contribution in [0.2, 0.25) is 5.28 Å². The minimum absolute atomic E-state index is 0.148.